The van der Waals surface area contributed by atoms with E-state index in [1.165, 1.54) is 0 Å². The van der Waals surface area contributed by atoms with Crippen molar-refractivity contribution >= 4 is 6.29 Å². The third-order valence-corrected chi connectivity index (χ3v) is 2.92. The van der Waals surface area contributed by atoms with E-state index in [4.69, 9.17) is 0 Å². The molecule has 0 aliphatic rings. The molecule has 0 spiro atoms. The van der Waals surface area contributed by atoms with Crippen molar-refractivity contribution in [1.82, 2.24) is 9.78 Å². The van der Waals surface area contributed by atoms with Crippen molar-refractivity contribution in [3.63, 3.8) is 0 Å². The highest BCUT2D eigenvalue weighted by Gasteiger charge is 2.10. The molecular weight excluding hydrogens is 236 g/mol. The second-order valence-electron chi connectivity index (χ2n) is 4.19. The molecule has 0 N–H and O–H groups in total. The van der Waals surface area contributed by atoms with Gasteiger partial charge in [-0.25, -0.2) is 4.68 Å². The fourth-order valence-electron chi connectivity index (χ4n) is 2.04. The van der Waals surface area contributed by atoms with Crippen LogP contribution in [0.15, 0.2) is 66.7 Å². The van der Waals surface area contributed by atoms with Crippen molar-refractivity contribution < 1.29 is 4.79 Å². The maximum absolute atomic E-state index is 11.0. The summed E-state index contributed by atoms with van der Waals surface area (Å²) in [5.74, 6) is 0. The van der Waals surface area contributed by atoms with E-state index in [0.717, 1.165) is 23.2 Å². The first kappa shape index (κ1) is 11.4. The van der Waals surface area contributed by atoms with Crippen LogP contribution in [0, 0.1) is 0 Å². The molecule has 3 heteroatoms. The van der Waals surface area contributed by atoms with Crippen LogP contribution in [-0.2, 0) is 0 Å². The van der Waals surface area contributed by atoms with E-state index in [1.54, 1.807) is 10.7 Å². The zero-order valence-electron chi connectivity index (χ0n) is 10.2. The molecule has 3 aromatic rings. The van der Waals surface area contributed by atoms with Crippen LogP contribution in [0.1, 0.15) is 10.5 Å². The average Bonchev–Trinajstić information content (AvgIpc) is 2.93. The van der Waals surface area contributed by atoms with Gasteiger partial charge in [0.15, 0.2) is 6.29 Å². The van der Waals surface area contributed by atoms with Crippen LogP contribution >= 0.6 is 0 Å². The first-order chi connectivity index (χ1) is 9.38. The zero-order valence-corrected chi connectivity index (χ0v) is 10.2. The van der Waals surface area contributed by atoms with Gasteiger partial charge in [-0.1, -0.05) is 48.5 Å². The Bertz CT molecular complexity index is 630. The van der Waals surface area contributed by atoms with Crippen LogP contribution in [0.4, 0.5) is 0 Å². The van der Waals surface area contributed by atoms with E-state index in [2.05, 4.69) is 5.10 Å². The molecule has 0 bridgehead atoms. The van der Waals surface area contributed by atoms with Gasteiger partial charge in [0.05, 0.1) is 11.4 Å². The maximum Gasteiger partial charge on any atom is 0.170 e. The number of benzene rings is 2. The SMILES string of the molecule is O=Cc1cc(-c2ccccc2)n(-c2ccccc2)n1. The molecule has 0 unspecified atom stereocenters. The molecule has 3 rings (SSSR count). The molecule has 0 fully saturated rings. The molecule has 0 saturated carbocycles. The summed E-state index contributed by atoms with van der Waals surface area (Å²) >= 11 is 0. The van der Waals surface area contributed by atoms with E-state index in [-0.39, 0.29) is 0 Å². The molecule has 0 aliphatic heterocycles. The van der Waals surface area contributed by atoms with E-state index in [0.29, 0.717) is 5.69 Å². The molecule has 1 aromatic heterocycles. The fraction of sp³-hybridized carbons (Fsp3) is 0. The van der Waals surface area contributed by atoms with Crippen molar-refractivity contribution in [3.8, 4) is 16.9 Å². The number of hydrogen-bond acceptors (Lipinski definition) is 2. The van der Waals surface area contributed by atoms with Crippen LogP contribution in [0.3, 0.4) is 0 Å². The second kappa shape index (κ2) is 4.90. The quantitative estimate of drug-likeness (QED) is 0.666. The summed E-state index contributed by atoms with van der Waals surface area (Å²) < 4.78 is 1.79. The monoisotopic (exact) mass is 248 g/mol. The highest BCUT2D eigenvalue weighted by molar-refractivity contribution is 5.76. The lowest BCUT2D eigenvalue weighted by atomic mass is 10.1. The van der Waals surface area contributed by atoms with Crippen molar-refractivity contribution in [2.24, 2.45) is 0 Å². The van der Waals surface area contributed by atoms with Crippen molar-refractivity contribution in [2.45, 2.75) is 0 Å². The van der Waals surface area contributed by atoms with E-state index in [9.17, 15) is 4.79 Å². The lowest BCUT2D eigenvalue weighted by Gasteiger charge is -2.06. The number of aldehydes is 1. The van der Waals surface area contributed by atoms with Gasteiger partial charge in [0.25, 0.3) is 0 Å². The maximum atomic E-state index is 11.0. The molecule has 92 valence electrons. The Kier molecular flexibility index (Phi) is 2.94. The molecule has 0 aliphatic carbocycles. The molecule has 0 amide bonds. The summed E-state index contributed by atoms with van der Waals surface area (Å²) in [5.41, 5.74) is 3.32. The minimum Gasteiger partial charge on any atom is -0.296 e. The number of carbonyl (C=O) groups is 1. The predicted molar refractivity (Wildman–Crippen MR) is 74.4 cm³/mol. The summed E-state index contributed by atoms with van der Waals surface area (Å²) in [4.78, 5) is 11.0. The summed E-state index contributed by atoms with van der Waals surface area (Å²) in [6.07, 6.45) is 0.770. The number of para-hydroxylation sites is 1. The minimum atomic E-state index is 0.433. The first-order valence-electron chi connectivity index (χ1n) is 6.04. The normalized spacial score (nSPS) is 10.3. The largest absolute Gasteiger partial charge is 0.296 e. The Balaban J connectivity index is 2.19. The second-order valence-corrected chi connectivity index (χ2v) is 4.19. The third-order valence-electron chi connectivity index (χ3n) is 2.92. The third kappa shape index (κ3) is 2.18. The van der Waals surface area contributed by atoms with Crippen molar-refractivity contribution in [2.75, 3.05) is 0 Å². The molecular formula is C16H12N2O. The summed E-state index contributed by atoms with van der Waals surface area (Å²) in [6.45, 7) is 0. The summed E-state index contributed by atoms with van der Waals surface area (Å²) in [7, 11) is 0. The lowest BCUT2D eigenvalue weighted by Crippen LogP contribution is -1.99. The highest BCUT2D eigenvalue weighted by Crippen LogP contribution is 2.23. The van der Waals surface area contributed by atoms with Crippen LogP contribution in [0.5, 0.6) is 0 Å². The topological polar surface area (TPSA) is 34.9 Å². The van der Waals surface area contributed by atoms with Gasteiger partial charge >= 0.3 is 0 Å². The molecule has 1 heterocycles. The van der Waals surface area contributed by atoms with E-state index >= 15 is 0 Å². The Labute approximate surface area is 111 Å². The smallest absolute Gasteiger partial charge is 0.170 e. The zero-order chi connectivity index (χ0) is 13.1. The van der Waals surface area contributed by atoms with E-state index in [1.807, 2.05) is 60.7 Å². The summed E-state index contributed by atoms with van der Waals surface area (Å²) in [5, 5.41) is 4.32. The number of hydrogen-bond donors (Lipinski definition) is 0. The lowest BCUT2D eigenvalue weighted by molar-refractivity contribution is 0.111. The van der Waals surface area contributed by atoms with Gasteiger partial charge < -0.3 is 0 Å². The first-order valence-corrected chi connectivity index (χ1v) is 6.04. The van der Waals surface area contributed by atoms with Gasteiger partial charge in [-0.3, -0.25) is 4.79 Å². The Morgan fingerprint density at radius 1 is 0.895 bits per heavy atom. The van der Waals surface area contributed by atoms with Crippen LogP contribution in [0.2, 0.25) is 0 Å². The standard InChI is InChI=1S/C16H12N2O/c19-12-14-11-16(13-7-3-1-4-8-13)18(17-14)15-9-5-2-6-10-15/h1-12H. The van der Waals surface area contributed by atoms with Crippen LogP contribution in [0.25, 0.3) is 16.9 Å². The molecule has 3 nitrogen and oxygen atoms in total. The number of aromatic nitrogens is 2. The van der Waals surface area contributed by atoms with Crippen molar-refractivity contribution in [3.05, 3.63) is 72.4 Å². The van der Waals surface area contributed by atoms with Gasteiger partial charge in [0, 0.05) is 5.56 Å². The molecule has 0 radical (unpaired) electrons. The number of rotatable bonds is 3. The van der Waals surface area contributed by atoms with Crippen molar-refractivity contribution in [1.29, 1.82) is 0 Å². The predicted octanol–water partition coefficient (Wildman–Crippen LogP) is 3.35. The van der Waals surface area contributed by atoms with Gasteiger partial charge in [0.2, 0.25) is 0 Å². The molecule has 19 heavy (non-hydrogen) atoms. The molecule has 2 aromatic carbocycles. The Morgan fingerprint density at radius 2 is 1.53 bits per heavy atom. The van der Waals surface area contributed by atoms with Gasteiger partial charge in [-0.05, 0) is 18.2 Å². The van der Waals surface area contributed by atoms with Gasteiger partial charge in [-0.2, -0.15) is 5.10 Å². The van der Waals surface area contributed by atoms with E-state index < -0.39 is 0 Å². The minimum absolute atomic E-state index is 0.433. The highest BCUT2D eigenvalue weighted by atomic mass is 16.1. The Hall–Kier alpha value is -2.68. The van der Waals surface area contributed by atoms with Crippen LogP contribution < -0.4 is 0 Å². The fourth-order valence-corrected chi connectivity index (χ4v) is 2.04. The van der Waals surface area contributed by atoms with Crippen LogP contribution in [-0.4, -0.2) is 16.1 Å². The Morgan fingerprint density at radius 3 is 2.16 bits per heavy atom. The van der Waals surface area contributed by atoms with Gasteiger partial charge in [0.1, 0.15) is 5.69 Å². The number of nitrogens with zero attached hydrogens (tertiary/aromatic N) is 2. The molecule has 0 saturated heterocycles. The van der Waals surface area contributed by atoms with Gasteiger partial charge in [-0.15, -0.1) is 0 Å². The average molecular weight is 248 g/mol. The summed E-state index contributed by atoms with van der Waals surface area (Å²) in [6, 6.07) is 21.5. The number of carbonyl (C=O) groups excluding carboxylic acids is 1. The molecule has 0 atom stereocenters.